The van der Waals surface area contributed by atoms with E-state index in [0.29, 0.717) is 6.54 Å². The van der Waals surface area contributed by atoms with Crippen molar-refractivity contribution in [3.8, 4) is 0 Å². The maximum atomic E-state index is 12.3. The van der Waals surface area contributed by atoms with Crippen LogP contribution in [0, 0.1) is 12.8 Å². The first kappa shape index (κ1) is 16.2. The van der Waals surface area contributed by atoms with Gasteiger partial charge in [0.1, 0.15) is 6.04 Å². The lowest BCUT2D eigenvalue weighted by Gasteiger charge is -2.21. The zero-order valence-electron chi connectivity index (χ0n) is 12.8. The molecule has 0 fully saturated rings. The lowest BCUT2D eigenvalue weighted by molar-refractivity contribution is -0.124. The molecule has 2 rings (SSSR count). The van der Waals surface area contributed by atoms with Gasteiger partial charge in [0.2, 0.25) is 5.91 Å². The molecule has 0 spiro atoms. The van der Waals surface area contributed by atoms with E-state index in [1.807, 2.05) is 26.2 Å². The number of furan rings is 1. The van der Waals surface area contributed by atoms with Crippen molar-refractivity contribution in [2.24, 2.45) is 5.92 Å². The fourth-order valence-corrected chi connectivity index (χ4v) is 2.54. The molecule has 2 aromatic heterocycles. The summed E-state index contributed by atoms with van der Waals surface area (Å²) >= 11 is 1.54. The molecule has 0 aliphatic heterocycles. The second-order valence-electron chi connectivity index (χ2n) is 5.25. The van der Waals surface area contributed by atoms with E-state index < -0.39 is 11.9 Å². The number of carbonyl (C=O) groups is 2. The number of aryl methyl sites for hydroxylation is 1. The maximum Gasteiger partial charge on any atom is 0.287 e. The van der Waals surface area contributed by atoms with E-state index in [0.717, 1.165) is 10.7 Å². The van der Waals surface area contributed by atoms with Crippen LogP contribution in [0.4, 0.5) is 0 Å². The molecular formula is C15H19N3O3S. The number of hydrogen-bond donors (Lipinski definition) is 2. The molecule has 118 valence electrons. The summed E-state index contributed by atoms with van der Waals surface area (Å²) in [4.78, 5) is 28.6. The van der Waals surface area contributed by atoms with Crippen molar-refractivity contribution < 1.29 is 14.0 Å². The largest absolute Gasteiger partial charge is 0.459 e. The van der Waals surface area contributed by atoms with Crippen molar-refractivity contribution in [2.45, 2.75) is 33.4 Å². The van der Waals surface area contributed by atoms with Crippen molar-refractivity contribution in [1.82, 2.24) is 15.6 Å². The Hall–Kier alpha value is -2.15. The van der Waals surface area contributed by atoms with Gasteiger partial charge >= 0.3 is 0 Å². The Balaban J connectivity index is 1.95. The second-order valence-corrected chi connectivity index (χ2v) is 6.31. The normalized spacial score (nSPS) is 12.2. The van der Waals surface area contributed by atoms with Gasteiger partial charge in [-0.25, -0.2) is 4.98 Å². The summed E-state index contributed by atoms with van der Waals surface area (Å²) in [5, 5.41) is 8.36. The topological polar surface area (TPSA) is 84.2 Å². The van der Waals surface area contributed by atoms with Crippen molar-refractivity contribution >= 4 is 23.2 Å². The van der Waals surface area contributed by atoms with Crippen LogP contribution in [0.2, 0.25) is 0 Å². The lowest BCUT2D eigenvalue weighted by atomic mass is 10.0. The van der Waals surface area contributed by atoms with Crippen LogP contribution >= 0.6 is 11.3 Å². The minimum absolute atomic E-state index is 0.0453. The van der Waals surface area contributed by atoms with Gasteiger partial charge in [-0.05, 0) is 25.0 Å². The van der Waals surface area contributed by atoms with Gasteiger partial charge < -0.3 is 15.1 Å². The average molecular weight is 321 g/mol. The van der Waals surface area contributed by atoms with Crippen LogP contribution in [-0.2, 0) is 11.3 Å². The SMILES string of the molecule is Cc1nc(CNC(=O)[C@H](NC(=O)c2ccco2)C(C)C)cs1. The first-order valence-corrected chi connectivity index (χ1v) is 7.88. The molecule has 7 heteroatoms. The lowest BCUT2D eigenvalue weighted by Crippen LogP contribution is -2.49. The summed E-state index contributed by atoms with van der Waals surface area (Å²) < 4.78 is 5.04. The van der Waals surface area contributed by atoms with E-state index in [4.69, 9.17) is 4.42 Å². The number of carbonyl (C=O) groups excluding carboxylic acids is 2. The third-order valence-electron chi connectivity index (χ3n) is 3.09. The van der Waals surface area contributed by atoms with E-state index in [1.54, 1.807) is 12.1 Å². The Labute approximate surface area is 132 Å². The van der Waals surface area contributed by atoms with Gasteiger partial charge in [0.15, 0.2) is 5.76 Å². The summed E-state index contributed by atoms with van der Waals surface area (Å²) in [6.07, 6.45) is 1.42. The highest BCUT2D eigenvalue weighted by molar-refractivity contribution is 7.09. The van der Waals surface area contributed by atoms with Crippen LogP contribution < -0.4 is 10.6 Å². The minimum atomic E-state index is -0.627. The third kappa shape index (κ3) is 4.17. The fraction of sp³-hybridized carbons (Fsp3) is 0.400. The summed E-state index contributed by atoms with van der Waals surface area (Å²) in [5.74, 6) is -0.492. The van der Waals surface area contributed by atoms with Crippen LogP contribution in [0.15, 0.2) is 28.2 Å². The maximum absolute atomic E-state index is 12.3. The summed E-state index contributed by atoms with van der Waals surface area (Å²) in [5.41, 5.74) is 0.815. The third-order valence-corrected chi connectivity index (χ3v) is 3.91. The predicted octanol–water partition coefficient (Wildman–Crippen LogP) is 2.12. The highest BCUT2D eigenvalue weighted by Crippen LogP contribution is 2.09. The molecule has 0 aliphatic carbocycles. The molecule has 22 heavy (non-hydrogen) atoms. The smallest absolute Gasteiger partial charge is 0.287 e. The molecule has 6 nitrogen and oxygen atoms in total. The van der Waals surface area contributed by atoms with Crippen molar-refractivity contribution in [1.29, 1.82) is 0 Å². The molecule has 0 unspecified atom stereocenters. The van der Waals surface area contributed by atoms with Gasteiger partial charge in [0, 0.05) is 5.38 Å². The highest BCUT2D eigenvalue weighted by Gasteiger charge is 2.25. The van der Waals surface area contributed by atoms with Gasteiger partial charge in [-0.2, -0.15) is 0 Å². The minimum Gasteiger partial charge on any atom is -0.459 e. The number of nitrogens with zero attached hydrogens (tertiary/aromatic N) is 1. The first-order chi connectivity index (χ1) is 10.5. The Morgan fingerprint density at radius 3 is 2.73 bits per heavy atom. The molecule has 2 heterocycles. The number of rotatable bonds is 6. The Morgan fingerprint density at radius 2 is 2.18 bits per heavy atom. The molecule has 2 aromatic rings. The molecule has 2 N–H and O–H groups in total. The number of aromatic nitrogens is 1. The number of thiazole rings is 1. The van der Waals surface area contributed by atoms with E-state index in [1.165, 1.54) is 17.6 Å². The Morgan fingerprint density at radius 1 is 1.41 bits per heavy atom. The molecule has 0 bridgehead atoms. The van der Waals surface area contributed by atoms with E-state index >= 15 is 0 Å². The van der Waals surface area contributed by atoms with Crippen molar-refractivity contribution in [3.63, 3.8) is 0 Å². The first-order valence-electron chi connectivity index (χ1n) is 7.00. The van der Waals surface area contributed by atoms with Gasteiger partial charge in [-0.1, -0.05) is 13.8 Å². The van der Waals surface area contributed by atoms with Crippen LogP contribution in [0.1, 0.15) is 35.1 Å². The molecule has 0 aliphatic rings. The summed E-state index contributed by atoms with van der Waals surface area (Å²) in [6, 6.07) is 2.56. The zero-order chi connectivity index (χ0) is 16.1. The highest BCUT2D eigenvalue weighted by atomic mass is 32.1. The van der Waals surface area contributed by atoms with Gasteiger partial charge in [0.25, 0.3) is 5.91 Å². The molecule has 0 saturated heterocycles. The monoisotopic (exact) mass is 321 g/mol. The zero-order valence-corrected chi connectivity index (χ0v) is 13.6. The van der Waals surface area contributed by atoms with E-state index in [2.05, 4.69) is 15.6 Å². The fourth-order valence-electron chi connectivity index (χ4n) is 1.93. The number of amides is 2. The predicted molar refractivity (Wildman–Crippen MR) is 83.5 cm³/mol. The Kier molecular flexibility index (Phi) is 5.32. The molecule has 0 aromatic carbocycles. The summed E-state index contributed by atoms with van der Waals surface area (Å²) in [6.45, 7) is 6.01. The average Bonchev–Trinajstić information content (AvgIpc) is 3.13. The molecule has 1 atom stereocenters. The number of hydrogen-bond acceptors (Lipinski definition) is 5. The van der Waals surface area contributed by atoms with E-state index in [9.17, 15) is 9.59 Å². The molecule has 2 amide bonds. The molecule has 0 radical (unpaired) electrons. The van der Waals surface area contributed by atoms with Gasteiger partial charge in [-0.3, -0.25) is 9.59 Å². The quantitative estimate of drug-likeness (QED) is 0.853. The van der Waals surface area contributed by atoms with E-state index in [-0.39, 0.29) is 17.6 Å². The van der Waals surface area contributed by atoms with Crippen LogP contribution in [0.25, 0.3) is 0 Å². The molecular weight excluding hydrogens is 302 g/mol. The van der Waals surface area contributed by atoms with Crippen LogP contribution in [-0.4, -0.2) is 22.8 Å². The van der Waals surface area contributed by atoms with Crippen molar-refractivity contribution in [2.75, 3.05) is 0 Å². The second kappa shape index (κ2) is 7.22. The van der Waals surface area contributed by atoms with Crippen LogP contribution in [0.5, 0.6) is 0 Å². The van der Waals surface area contributed by atoms with Gasteiger partial charge in [0.05, 0.1) is 23.5 Å². The standard InChI is InChI=1S/C15H19N3O3S/c1-9(2)13(18-14(19)12-5-4-6-21-12)15(20)16-7-11-8-22-10(3)17-11/h4-6,8-9,13H,7H2,1-3H3,(H,16,20)(H,18,19)/t13-/m1/s1. The Bertz CT molecular complexity index is 634. The molecule has 0 saturated carbocycles. The van der Waals surface area contributed by atoms with Gasteiger partial charge in [-0.15, -0.1) is 11.3 Å². The number of nitrogens with one attached hydrogen (secondary N) is 2. The van der Waals surface area contributed by atoms with Crippen LogP contribution in [0.3, 0.4) is 0 Å². The van der Waals surface area contributed by atoms with Crippen molar-refractivity contribution in [3.05, 3.63) is 40.2 Å². The summed E-state index contributed by atoms with van der Waals surface area (Å²) in [7, 11) is 0.